The van der Waals surface area contributed by atoms with Gasteiger partial charge in [0.1, 0.15) is 17.2 Å². The number of hydrogen-bond acceptors (Lipinski definition) is 2. The van der Waals surface area contributed by atoms with E-state index in [0.717, 1.165) is 6.07 Å². The second-order valence-electron chi connectivity index (χ2n) is 3.88. The van der Waals surface area contributed by atoms with E-state index in [1.54, 1.807) is 0 Å². The number of nitrogens with one attached hydrogen (secondary N) is 1. The molecule has 0 aliphatic rings. The number of nitrogens with two attached hydrogens (primary N) is 1. The van der Waals surface area contributed by atoms with Crippen molar-refractivity contribution in [1.82, 2.24) is 5.32 Å². The van der Waals surface area contributed by atoms with Gasteiger partial charge in [-0.05, 0) is 31.4 Å². The van der Waals surface area contributed by atoms with Crippen molar-refractivity contribution in [2.24, 2.45) is 5.73 Å². The van der Waals surface area contributed by atoms with E-state index in [-0.39, 0.29) is 12.1 Å². The van der Waals surface area contributed by atoms with Gasteiger partial charge in [0, 0.05) is 6.54 Å². The Balaban J connectivity index is 2.67. The first-order chi connectivity index (χ1) is 8.43. The van der Waals surface area contributed by atoms with Crippen molar-refractivity contribution in [3.8, 4) is 0 Å². The Labute approximate surface area is 109 Å². The van der Waals surface area contributed by atoms with Crippen LogP contribution < -0.4 is 11.1 Å². The van der Waals surface area contributed by atoms with Gasteiger partial charge in [-0.3, -0.25) is 4.79 Å². The predicted octanol–water partition coefficient (Wildman–Crippen LogP) is 2.07. The van der Waals surface area contributed by atoms with Crippen molar-refractivity contribution < 1.29 is 13.6 Å². The Bertz CT molecular complexity index is 477. The molecule has 3 N–H and O–H groups in total. The lowest BCUT2D eigenvalue weighted by Gasteiger charge is -2.08. The Morgan fingerprint density at radius 2 is 2.11 bits per heavy atom. The van der Waals surface area contributed by atoms with Gasteiger partial charge in [-0.2, -0.15) is 0 Å². The van der Waals surface area contributed by atoms with Crippen LogP contribution in [0.1, 0.15) is 28.8 Å². The van der Waals surface area contributed by atoms with Gasteiger partial charge in [0.05, 0.1) is 4.99 Å². The molecule has 0 bridgehead atoms. The minimum atomic E-state index is -0.870. The summed E-state index contributed by atoms with van der Waals surface area (Å²) in [5.74, 6) is -2.47. The molecule has 0 aliphatic carbocycles. The van der Waals surface area contributed by atoms with Crippen molar-refractivity contribution in [3.63, 3.8) is 0 Å². The predicted molar refractivity (Wildman–Crippen MR) is 69.4 cm³/mol. The van der Waals surface area contributed by atoms with Gasteiger partial charge in [0.2, 0.25) is 0 Å². The lowest BCUT2D eigenvalue weighted by molar-refractivity contribution is 0.0944. The summed E-state index contributed by atoms with van der Waals surface area (Å²) in [6.07, 6.45) is 1.02. The molecule has 18 heavy (non-hydrogen) atoms. The van der Waals surface area contributed by atoms with Crippen LogP contribution in [0.15, 0.2) is 12.1 Å². The summed E-state index contributed by atoms with van der Waals surface area (Å²) in [4.78, 5) is 12.0. The van der Waals surface area contributed by atoms with Crippen LogP contribution in [-0.4, -0.2) is 17.4 Å². The third-order valence-electron chi connectivity index (χ3n) is 2.40. The zero-order valence-electron chi connectivity index (χ0n) is 9.93. The normalized spacial score (nSPS) is 10.2. The number of hydrogen-bond donors (Lipinski definition) is 2. The van der Waals surface area contributed by atoms with Crippen LogP contribution in [0.2, 0.25) is 0 Å². The average molecular weight is 272 g/mol. The Kier molecular flexibility index (Phi) is 5.15. The fourth-order valence-corrected chi connectivity index (χ4v) is 1.56. The Morgan fingerprint density at radius 1 is 1.44 bits per heavy atom. The number of aryl methyl sites for hydroxylation is 1. The molecule has 0 saturated carbocycles. The van der Waals surface area contributed by atoms with Crippen LogP contribution in [0.5, 0.6) is 0 Å². The van der Waals surface area contributed by atoms with E-state index in [1.807, 2.05) is 0 Å². The van der Waals surface area contributed by atoms with Gasteiger partial charge in [0.15, 0.2) is 0 Å². The average Bonchev–Trinajstić information content (AvgIpc) is 2.30. The van der Waals surface area contributed by atoms with E-state index < -0.39 is 23.1 Å². The molecule has 0 spiro atoms. The highest BCUT2D eigenvalue weighted by molar-refractivity contribution is 7.80. The molecule has 0 atom stereocenters. The number of carbonyl (C=O) groups is 1. The third-order valence-corrected chi connectivity index (χ3v) is 2.60. The molecular weight excluding hydrogens is 258 g/mol. The van der Waals surface area contributed by atoms with Crippen molar-refractivity contribution in [2.45, 2.75) is 19.8 Å². The van der Waals surface area contributed by atoms with Crippen molar-refractivity contribution >= 4 is 23.1 Å². The van der Waals surface area contributed by atoms with E-state index in [4.69, 9.17) is 5.73 Å². The summed E-state index contributed by atoms with van der Waals surface area (Å²) in [6.45, 7) is 1.74. The van der Waals surface area contributed by atoms with Crippen molar-refractivity contribution in [1.29, 1.82) is 0 Å². The lowest BCUT2D eigenvalue weighted by Crippen LogP contribution is -2.27. The summed E-state index contributed by atoms with van der Waals surface area (Å²) in [5, 5.41) is 2.43. The van der Waals surface area contributed by atoms with Crippen LogP contribution in [0.25, 0.3) is 0 Å². The van der Waals surface area contributed by atoms with Gasteiger partial charge < -0.3 is 11.1 Å². The molecule has 0 heterocycles. The fourth-order valence-electron chi connectivity index (χ4n) is 1.42. The highest BCUT2D eigenvalue weighted by Gasteiger charge is 2.18. The van der Waals surface area contributed by atoms with Gasteiger partial charge in [-0.25, -0.2) is 8.78 Å². The molecule has 98 valence electrons. The van der Waals surface area contributed by atoms with Crippen LogP contribution in [0.3, 0.4) is 0 Å². The molecule has 0 radical (unpaired) electrons. The molecule has 1 aromatic carbocycles. The molecular formula is C12H14F2N2OS. The molecule has 0 fully saturated rings. The van der Waals surface area contributed by atoms with Crippen LogP contribution in [-0.2, 0) is 0 Å². The van der Waals surface area contributed by atoms with Gasteiger partial charge >= 0.3 is 0 Å². The fraction of sp³-hybridized carbons (Fsp3) is 0.333. The zero-order chi connectivity index (χ0) is 13.7. The Morgan fingerprint density at radius 3 is 2.72 bits per heavy atom. The van der Waals surface area contributed by atoms with Crippen LogP contribution in [0, 0.1) is 18.6 Å². The third kappa shape index (κ3) is 3.73. The second-order valence-corrected chi connectivity index (χ2v) is 4.40. The first kappa shape index (κ1) is 14.5. The van der Waals surface area contributed by atoms with E-state index in [1.165, 1.54) is 13.0 Å². The summed E-state index contributed by atoms with van der Waals surface area (Å²) in [6, 6.07) is 2.36. The molecule has 6 heteroatoms. The van der Waals surface area contributed by atoms with Crippen molar-refractivity contribution in [2.75, 3.05) is 6.54 Å². The number of amides is 1. The van der Waals surface area contributed by atoms with Gasteiger partial charge in [0.25, 0.3) is 5.91 Å². The number of thiocarbonyl (C=S) groups is 1. The minimum absolute atomic E-state index is 0.227. The smallest absolute Gasteiger partial charge is 0.257 e. The summed E-state index contributed by atoms with van der Waals surface area (Å²) in [7, 11) is 0. The molecule has 1 amide bonds. The van der Waals surface area contributed by atoms with Crippen molar-refractivity contribution in [3.05, 3.63) is 34.9 Å². The largest absolute Gasteiger partial charge is 0.393 e. The SMILES string of the molecule is Cc1ccc(F)c(C(=O)NCCCC(N)=S)c1F. The molecule has 1 aromatic rings. The topological polar surface area (TPSA) is 55.1 Å². The van der Waals surface area contributed by atoms with Gasteiger partial charge in [-0.1, -0.05) is 18.3 Å². The molecule has 0 aliphatic heterocycles. The number of rotatable bonds is 5. The van der Waals surface area contributed by atoms with Gasteiger partial charge in [-0.15, -0.1) is 0 Å². The zero-order valence-corrected chi connectivity index (χ0v) is 10.7. The maximum atomic E-state index is 13.6. The van der Waals surface area contributed by atoms with Crippen LogP contribution in [0.4, 0.5) is 8.78 Å². The molecule has 3 nitrogen and oxygen atoms in total. The first-order valence-corrected chi connectivity index (χ1v) is 5.85. The summed E-state index contributed by atoms with van der Waals surface area (Å²) < 4.78 is 27.0. The van der Waals surface area contributed by atoms with E-state index in [0.29, 0.717) is 17.8 Å². The maximum Gasteiger partial charge on any atom is 0.257 e. The number of halogens is 2. The van der Waals surface area contributed by atoms with E-state index in [2.05, 4.69) is 17.5 Å². The molecule has 1 rings (SSSR count). The Hall–Kier alpha value is -1.56. The van der Waals surface area contributed by atoms with E-state index >= 15 is 0 Å². The highest BCUT2D eigenvalue weighted by Crippen LogP contribution is 2.16. The summed E-state index contributed by atoms with van der Waals surface area (Å²) >= 11 is 4.67. The van der Waals surface area contributed by atoms with E-state index in [9.17, 15) is 13.6 Å². The van der Waals surface area contributed by atoms with Crippen LogP contribution >= 0.6 is 12.2 Å². The maximum absolute atomic E-state index is 13.6. The highest BCUT2D eigenvalue weighted by atomic mass is 32.1. The molecule has 0 aromatic heterocycles. The molecule has 0 saturated heterocycles. The monoisotopic (exact) mass is 272 g/mol. The number of benzene rings is 1. The summed E-state index contributed by atoms with van der Waals surface area (Å²) in [5.41, 5.74) is 4.96. The quantitative estimate of drug-likeness (QED) is 0.637. The molecule has 0 unspecified atom stereocenters. The standard InChI is InChI=1S/C12H14F2N2OS/c1-7-4-5-8(13)10(11(7)14)12(17)16-6-2-3-9(15)18/h4-5H,2-3,6H2,1H3,(H2,15,18)(H,16,17). The number of carbonyl (C=O) groups excluding carboxylic acids is 1. The second kappa shape index (κ2) is 6.39. The lowest BCUT2D eigenvalue weighted by atomic mass is 10.1. The minimum Gasteiger partial charge on any atom is -0.393 e. The first-order valence-electron chi connectivity index (χ1n) is 5.44.